The van der Waals surface area contributed by atoms with E-state index in [1.165, 1.54) is 31.2 Å². The summed E-state index contributed by atoms with van der Waals surface area (Å²) < 4.78 is 7.12. The van der Waals surface area contributed by atoms with Gasteiger partial charge in [0.2, 0.25) is 0 Å². The molecule has 0 unspecified atom stereocenters. The average Bonchev–Trinajstić information content (AvgIpc) is 3.18. The van der Waals surface area contributed by atoms with Crippen LogP contribution in [0.1, 0.15) is 42.9 Å². The smallest absolute Gasteiger partial charge is 0.250 e. The third kappa shape index (κ3) is 3.94. The Morgan fingerprint density at radius 3 is 2.50 bits per heavy atom. The van der Waals surface area contributed by atoms with Crippen molar-refractivity contribution < 1.29 is 4.42 Å². The van der Waals surface area contributed by atoms with Crippen LogP contribution in [-0.4, -0.2) is 46.6 Å². The maximum atomic E-state index is 11.9. The third-order valence-corrected chi connectivity index (χ3v) is 6.16. The van der Waals surface area contributed by atoms with E-state index in [0.29, 0.717) is 12.0 Å². The van der Waals surface area contributed by atoms with Gasteiger partial charge >= 0.3 is 0 Å². The Balaban J connectivity index is 1.26. The first-order valence-corrected chi connectivity index (χ1v) is 9.84. The number of hydrogen-bond acceptors (Lipinski definition) is 4. The summed E-state index contributed by atoms with van der Waals surface area (Å²) in [5.41, 5.74) is 1.33. The Kier molecular flexibility index (Phi) is 5.27. The number of aryl methyl sites for hydroxylation is 1. The molecule has 140 valence electrons. The minimum Gasteiger partial charge on any atom is -0.468 e. The van der Waals surface area contributed by atoms with Crippen LogP contribution in [0.4, 0.5) is 0 Å². The zero-order valence-electron chi connectivity index (χ0n) is 15.6. The van der Waals surface area contributed by atoms with Crippen molar-refractivity contribution in [3.05, 3.63) is 58.4 Å². The Hall–Kier alpha value is -1.85. The van der Waals surface area contributed by atoms with Gasteiger partial charge in [-0.1, -0.05) is 0 Å². The summed E-state index contributed by atoms with van der Waals surface area (Å²) in [6.45, 7) is 5.55. The highest BCUT2D eigenvalue weighted by atomic mass is 16.3. The molecule has 2 saturated heterocycles. The molecule has 0 amide bonds. The number of aromatic nitrogens is 1. The number of furan rings is 1. The molecule has 0 radical (unpaired) electrons. The van der Waals surface area contributed by atoms with Gasteiger partial charge in [0, 0.05) is 38.4 Å². The normalized spacial score (nSPS) is 21.3. The molecule has 2 fully saturated rings. The van der Waals surface area contributed by atoms with Crippen molar-refractivity contribution in [1.29, 1.82) is 0 Å². The molecule has 0 spiro atoms. The Morgan fingerprint density at radius 2 is 1.85 bits per heavy atom. The molecule has 0 N–H and O–H groups in total. The molecule has 0 saturated carbocycles. The molecular weight excluding hydrogens is 326 g/mol. The summed E-state index contributed by atoms with van der Waals surface area (Å²) >= 11 is 0. The fraction of sp³-hybridized carbons (Fsp3) is 0.571. The maximum Gasteiger partial charge on any atom is 0.250 e. The minimum absolute atomic E-state index is 0.105. The first-order chi connectivity index (χ1) is 12.7. The standard InChI is InChI=1S/C21H29N3O2/c1-22-9-4-18(15-21(22)25)17-5-12-24(13-6-17)19-7-10-23(11-8-19)16-20-3-2-14-26-20/h2-4,9,14-15,17,19H,5-8,10-13,16H2,1H3. The average molecular weight is 355 g/mol. The van der Waals surface area contributed by atoms with Crippen LogP contribution in [-0.2, 0) is 13.6 Å². The van der Waals surface area contributed by atoms with Crippen molar-refractivity contribution in [3.8, 4) is 0 Å². The lowest BCUT2D eigenvalue weighted by Gasteiger charge is -2.41. The van der Waals surface area contributed by atoms with E-state index in [0.717, 1.165) is 38.5 Å². The Bertz CT molecular complexity index is 752. The van der Waals surface area contributed by atoms with Crippen LogP contribution in [0.15, 0.2) is 45.9 Å². The number of hydrogen-bond donors (Lipinski definition) is 0. The molecule has 2 aliphatic rings. The molecule has 26 heavy (non-hydrogen) atoms. The monoisotopic (exact) mass is 355 g/mol. The van der Waals surface area contributed by atoms with Gasteiger partial charge in [-0.2, -0.15) is 0 Å². The van der Waals surface area contributed by atoms with Crippen molar-refractivity contribution in [3.63, 3.8) is 0 Å². The summed E-state index contributed by atoms with van der Waals surface area (Å²) in [5, 5.41) is 0. The lowest BCUT2D eigenvalue weighted by Crippen LogP contribution is -2.47. The third-order valence-electron chi connectivity index (χ3n) is 6.16. The van der Waals surface area contributed by atoms with E-state index < -0.39 is 0 Å². The summed E-state index contributed by atoms with van der Waals surface area (Å²) in [4.78, 5) is 17.1. The second-order valence-corrected chi connectivity index (χ2v) is 7.81. The van der Waals surface area contributed by atoms with Crippen LogP contribution in [0.25, 0.3) is 0 Å². The lowest BCUT2D eigenvalue weighted by molar-refractivity contribution is 0.0818. The largest absolute Gasteiger partial charge is 0.468 e. The quantitative estimate of drug-likeness (QED) is 0.846. The molecule has 2 aromatic rings. The highest BCUT2D eigenvalue weighted by molar-refractivity contribution is 5.17. The highest BCUT2D eigenvalue weighted by Crippen LogP contribution is 2.30. The SMILES string of the molecule is Cn1ccc(C2CCN(C3CCN(Cc4ccco4)CC3)CC2)cc1=O. The van der Waals surface area contributed by atoms with Crippen molar-refractivity contribution in [1.82, 2.24) is 14.4 Å². The molecule has 4 rings (SSSR count). The molecule has 5 nitrogen and oxygen atoms in total. The molecule has 0 aliphatic carbocycles. The lowest BCUT2D eigenvalue weighted by atomic mass is 9.88. The van der Waals surface area contributed by atoms with Crippen LogP contribution in [0.3, 0.4) is 0 Å². The Morgan fingerprint density at radius 1 is 1.08 bits per heavy atom. The maximum absolute atomic E-state index is 11.9. The number of likely N-dealkylation sites (tertiary alicyclic amines) is 2. The molecule has 5 heteroatoms. The number of rotatable bonds is 4. The zero-order valence-corrected chi connectivity index (χ0v) is 15.6. The molecule has 0 atom stereocenters. The van der Waals surface area contributed by atoms with Gasteiger partial charge in [-0.15, -0.1) is 0 Å². The first-order valence-electron chi connectivity index (χ1n) is 9.84. The van der Waals surface area contributed by atoms with E-state index >= 15 is 0 Å². The second kappa shape index (κ2) is 7.80. The molecular formula is C21H29N3O2. The summed E-state index contributed by atoms with van der Waals surface area (Å²) in [6, 6.07) is 8.69. The van der Waals surface area contributed by atoms with E-state index in [4.69, 9.17) is 4.42 Å². The molecule has 0 bridgehead atoms. The summed E-state index contributed by atoms with van der Waals surface area (Å²) in [5.74, 6) is 1.61. The van der Waals surface area contributed by atoms with Crippen molar-refractivity contribution in [2.75, 3.05) is 26.2 Å². The number of piperidine rings is 2. The van der Waals surface area contributed by atoms with Gasteiger partial charge in [-0.25, -0.2) is 0 Å². The number of pyridine rings is 1. The predicted molar refractivity (Wildman–Crippen MR) is 102 cm³/mol. The fourth-order valence-electron chi connectivity index (χ4n) is 4.48. The molecule has 2 aliphatic heterocycles. The van der Waals surface area contributed by atoms with Crippen LogP contribution in [0, 0.1) is 0 Å². The predicted octanol–water partition coefficient (Wildman–Crippen LogP) is 2.82. The first kappa shape index (κ1) is 17.6. The van der Waals surface area contributed by atoms with Gasteiger partial charge in [0.25, 0.3) is 5.56 Å². The zero-order chi connectivity index (χ0) is 17.9. The van der Waals surface area contributed by atoms with Gasteiger partial charge in [0.15, 0.2) is 0 Å². The van der Waals surface area contributed by atoms with Gasteiger partial charge in [-0.05, 0) is 68.5 Å². The van der Waals surface area contributed by atoms with Crippen LogP contribution in [0.5, 0.6) is 0 Å². The topological polar surface area (TPSA) is 41.6 Å². The van der Waals surface area contributed by atoms with Crippen molar-refractivity contribution in [2.24, 2.45) is 7.05 Å². The van der Waals surface area contributed by atoms with E-state index in [1.54, 1.807) is 10.8 Å². The van der Waals surface area contributed by atoms with Crippen LogP contribution < -0.4 is 5.56 Å². The van der Waals surface area contributed by atoms with Crippen LogP contribution >= 0.6 is 0 Å². The molecule has 2 aromatic heterocycles. The highest BCUT2D eigenvalue weighted by Gasteiger charge is 2.29. The van der Waals surface area contributed by atoms with Crippen LogP contribution in [0.2, 0.25) is 0 Å². The number of nitrogens with zero attached hydrogens (tertiary/aromatic N) is 3. The van der Waals surface area contributed by atoms with Gasteiger partial charge in [0.1, 0.15) is 5.76 Å². The van der Waals surface area contributed by atoms with E-state index in [9.17, 15) is 4.79 Å². The minimum atomic E-state index is 0.105. The fourth-order valence-corrected chi connectivity index (χ4v) is 4.48. The van der Waals surface area contributed by atoms with E-state index in [-0.39, 0.29) is 5.56 Å². The summed E-state index contributed by atoms with van der Waals surface area (Å²) in [6.07, 6.45) is 8.49. The van der Waals surface area contributed by atoms with Gasteiger partial charge in [-0.3, -0.25) is 9.69 Å². The molecule has 4 heterocycles. The van der Waals surface area contributed by atoms with E-state index in [1.807, 2.05) is 25.4 Å². The van der Waals surface area contributed by atoms with Crippen molar-refractivity contribution in [2.45, 2.75) is 44.2 Å². The Labute approximate surface area is 155 Å². The second-order valence-electron chi connectivity index (χ2n) is 7.81. The van der Waals surface area contributed by atoms with E-state index in [2.05, 4.69) is 21.9 Å². The van der Waals surface area contributed by atoms with Gasteiger partial charge < -0.3 is 13.9 Å². The van der Waals surface area contributed by atoms with Gasteiger partial charge in [0.05, 0.1) is 12.8 Å². The molecule has 0 aromatic carbocycles. The van der Waals surface area contributed by atoms with Crippen molar-refractivity contribution >= 4 is 0 Å². The summed E-state index contributed by atoms with van der Waals surface area (Å²) in [7, 11) is 1.81.